The number of nitrogens with one attached hydrogen (secondary N) is 1. The van der Waals surface area contributed by atoms with Crippen LogP contribution in [0.2, 0.25) is 0 Å². The van der Waals surface area contributed by atoms with Gasteiger partial charge in [-0.05, 0) is 25.8 Å². The molecule has 0 spiro atoms. The summed E-state index contributed by atoms with van der Waals surface area (Å²) in [6.07, 6.45) is 10.9. The number of methoxy groups -OCH3 is 1. The lowest BCUT2D eigenvalue weighted by molar-refractivity contribution is 0.149. The highest BCUT2D eigenvalue weighted by Gasteiger charge is 2.10. The highest BCUT2D eigenvalue weighted by atomic mass is 16.5. The number of rotatable bonds is 12. The van der Waals surface area contributed by atoms with Gasteiger partial charge in [-0.15, -0.1) is 0 Å². The van der Waals surface area contributed by atoms with Gasteiger partial charge in [0.25, 0.3) is 0 Å². The molecule has 0 bridgehead atoms. The van der Waals surface area contributed by atoms with Crippen molar-refractivity contribution in [2.24, 2.45) is 5.92 Å². The normalized spacial score (nSPS) is 14.8. The molecule has 1 N–H and O–H groups in total. The first-order valence-electron chi connectivity index (χ1n) is 7.40. The fourth-order valence-electron chi connectivity index (χ4n) is 2.39. The molecule has 0 saturated carbocycles. The zero-order valence-electron chi connectivity index (χ0n) is 12.4. The fraction of sp³-hybridized carbons (Fsp3) is 1.00. The number of ether oxygens (including phenoxy) is 1. The molecule has 0 saturated heterocycles. The summed E-state index contributed by atoms with van der Waals surface area (Å²) in [4.78, 5) is 0. The van der Waals surface area contributed by atoms with E-state index in [4.69, 9.17) is 4.74 Å². The van der Waals surface area contributed by atoms with Gasteiger partial charge in [-0.3, -0.25) is 0 Å². The third kappa shape index (κ3) is 10.8. The predicted molar refractivity (Wildman–Crippen MR) is 76.5 cm³/mol. The Bertz CT molecular complexity index is 150. The van der Waals surface area contributed by atoms with Gasteiger partial charge in [0.15, 0.2) is 0 Å². The van der Waals surface area contributed by atoms with Gasteiger partial charge >= 0.3 is 0 Å². The predicted octanol–water partition coefficient (Wildman–Crippen LogP) is 4.00. The average Bonchev–Trinajstić information content (AvgIpc) is 2.32. The van der Waals surface area contributed by atoms with E-state index in [9.17, 15) is 0 Å². The molecule has 0 amide bonds. The second kappa shape index (κ2) is 12.4. The first kappa shape index (κ1) is 16.9. The Hall–Kier alpha value is -0.0800. The Labute approximate surface area is 109 Å². The van der Waals surface area contributed by atoms with Gasteiger partial charge in [-0.2, -0.15) is 0 Å². The first-order chi connectivity index (χ1) is 8.24. The van der Waals surface area contributed by atoms with Crippen LogP contribution in [0.4, 0.5) is 0 Å². The van der Waals surface area contributed by atoms with E-state index in [0.717, 1.165) is 6.61 Å². The summed E-state index contributed by atoms with van der Waals surface area (Å²) < 4.78 is 5.19. The minimum absolute atomic E-state index is 0.664. The van der Waals surface area contributed by atoms with Gasteiger partial charge in [0, 0.05) is 19.8 Å². The Balaban J connectivity index is 3.47. The van der Waals surface area contributed by atoms with E-state index in [-0.39, 0.29) is 0 Å². The largest absolute Gasteiger partial charge is 0.384 e. The van der Waals surface area contributed by atoms with E-state index in [0.29, 0.717) is 12.0 Å². The van der Waals surface area contributed by atoms with Crippen LogP contribution in [-0.2, 0) is 4.74 Å². The second-order valence-electron chi connectivity index (χ2n) is 5.34. The molecule has 2 heteroatoms. The summed E-state index contributed by atoms with van der Waals surface area (Å²) in [6, 6.07) is 0.673. The molecule has 2 atom stereocenters. The van der Waals surface area contributed by atoms with E-state index in [1.165, 1.54) is 51.4 Å². The SMILES string of the molecule is CCCCCCCCC(CC(C)COC)NC. The van der Waals surface area contributed by atoms with E-state index >= 15 is 0 Å². The molecule has 2 unspecified atom stereocenters. The van der Waals surface area contributed by atoms with Crippen molar-refractivity contribution in [2.75, 3.05) is 20.8 Å². The Morgan fingerprint density at radius 2 is 1.71 bits per heavy atom. The Morgan fingerprint density at radius 3 is 2.29 bits per heavy atom. The van der Waals surface area contributed by atoms with Crippen molar-refractivity contribution < 1.29 is 4.74 Å². The zero-order valence-corrected chi connectivity index (χ0v) is 12.4. The lowest BCUT2D eigenvalue weighted by atomic mass is 9.97. The van der Waals surface area contributed by atoms with E-state index in [2.05, 4.69) is 26.2 Å². The van der Waals surface area contributed by atoms with Gasteiger partial charge in [-0.25, -0.2) is 0 Å². The molecule has 0 aromatic carbocycles. The van der Waals surface area contributed by atoms with Crippen LogP contribution >= 0.6 is 0 Å². The highest BCUT2D eigenvalue weighted by molar-refractivity contribution is 4.68. The summed E-state index contributed by atoms with van der Waals surface area (Å²) in [6.45, 7) is 5.43. The van der Waals surface area contributed by atoms with Gasteiger partial charge < -0.3 is 10.1 Å². The molecule has 104 valence electrons. The van der Waals surface area contributed by atoms with Crippen LogP contribution in [0.25, 0.3) is 0 Å². The van der Waals surface area contributed by atoms with Crippen LogP contribution in [0.15, 0.2) is 0 Å². The van der Waals surface area contributed by atoms with Gasteiger partial charge in [-0.1, -0.05) is 52.4 Å². The summed E-state index contributed by atoms with van der Waals surface area (Å²) >= 11 is 0. The molecule has 0 fully saturated rings. The molecule has 0 heterocycles. The summed E-state index contributed by atoms with van der Waals surface area (Å²) in [7, 11) is 3.87. The third-order valence-corrected chi connectivity index (χ3v) is 3.45. The molecular weight excluding hydrogens is 210 g/mol. The van der Waals surface area contributed by atoms with Crippen molar-refractivity contribution in [3.63, 3.8) is 0 Å². The second-order valence-corrected chi connectivity index (χ2v) is 5.34. The monoisotopic (exact) mass is 243 g/mol. The molecule has 0 aromatic rings. The number of hydrogen-bond acceptors (Lipinski definition) is 2. The minimum atomic E-state index is 0.664. The molecule has 0 aliphatic rings. The van der Waals surface area contributed by atoms with Crippen molar-refractivity contribution in [1.82, 2.24) is 5.32 Å². The van der Waals surface area contributed by atoms with Crippen LogP contribution in [0, 0.1) is 5.92 Å². The number of unbranched alkanes of at least 4 members (excludes halogenated alkanes) is 5. The standard InChI is InChI=1S/C15H33NO/c1-5-6-7-8-9-10-11-15(16-3)12-14(2)13-17-4/h14-16H,5-13H2,1-4H3. The minimum Gasteiger partial charge on any atom is -0.384 e. The topological polar surface area (TPSA) is 21.3 Å². The van der Waals surface area contributed by atoms with Gasteiger partial charge in [0.1, 0.15) is 0 Å². The molecule has 0 aliphatic heterocycles. The summed E-state index contributed by atoms with van der Waals surface area (Å²) in [5.41, 5.74) is 0. The van der Waals surface area contributed by atoms with Crippen molar-refractivity contribution in [3.8, 4) is 0 Å². The lowest BCUT2D eigenvalue weighted by Crippen LogP contribution is -2.28. The molecule has 2 nitrogen and oxygen atoms in total. The van der Waals surface area contributed by atoms with Crippen molar-refractivity contribution in [3.05, 3.63) is 0 Å². The van der Waals surface area contributed by atoms with E-state index < -0.39 is 0 Å². The van der Waals surface area contributed by atoms with Crippen molar-refractivity contribution >= 4 is 0 Å². The van der Waals surface area contributed by atoms with Crippen LogP contribution in [0.3, 0.4) is 0 Å². The molecular formula is C15H33NO. The maximum Gasteiger partial charge on any atom is 0.0488 e. The first-order valence-corrected chi connectivity index (χ1v) is 7.40. The van der Waals surface area contributed by atoms with Crippen molar-refractivity contribution in [1.29, 1.82) is 0 Å². The third-order valence-electron chi connectivity index (χ3n) is 3.45. The Morgan fingerprint density at radius 1 is 1.06 bits per heavy atom. The lowest BCUT2D eigenvalue weighted by Gasteiger charge is -2.20. The molecule has 17 heavy (non-hydrogen) atoms. The maximum atomic E-state index is 5.19. The molecule has 0 aliphatic carbocycles. The zero-order chi connectivity index (χ0) is 12.9. The summed E-state index contributed by atoms with van der Waals surface area (Å²) in [5, 5.41) is 3.44. The van der Waals surface area contributed by atoms with Gasteiger partial charge in [0.2, 0.25) is 0 Å². The van der Waals surface area contributed by atoms with Crippen LogP contribution < -0.4 is 5.32 Å². The number of hydrogen-bond donors (Lipinski definition) is 1. The highest BCUT2D eigenvalue weighted by Crippen LogP contribution is 2.14. The molecule has 0 rings (SSSR count). The van der Waals surface area contributed by atoms with E-state index in [1.807, 2.05) is 0 Å². The summed E-state index contributed by atoms with van der Waals surface area (Å²) in [5.74, 6) is 0.664. The fourth-order valence-corrected chi connectivity index (χ4v) is 2.39. The quantitative estimate of drug-likeness (QED) is 0.523. The van der Waals surface area contributed by atoms with Gasteiger partial charge in [0.05, 0.1) is 0 Å². The smallest absolute Gasteiger partial charge is 0.0488 e. The molecule has 0 radical (unpaired) electrons. The molecule has 0 aromatic heterocycles. The Kier molecular flexibility index (Phi) is 12.3. The van der Waals surface area contributed by atoms with Crippen LogP contribution in [0.5, 0.6) is 0 Å². The maximum absolute atomic E-state index is 5.19. The van der Waals surface area contributed by atoms with Crippen LogP contribution in [-0.4, -0.2) is 26.8 Å². The van der Waals surface area contributed by atoms with Crippen LogP contribution in [0.1, 0.15) is 65.2 Å². The average molecular weight is 243 g/mol. The van der Waals surface area contributed by atoms with Crippen molar-refractivity contribution in [2.45, 2.75) is 71.3 Å². The van der Waals surface area contributed by atoms with E-state index in [1.54, 1.807) is 7.11 Å².